The summed E-state index contributed by atoms with van der Waals surface area (Å²) in [6.45, 7) is 0. The highest BCUT2D eigenvalue weighted by Gasteiger charge is 2.11. The molecule has 0 bridgehead atoms. The smallest absolute Gasteiger partial charge is 0.0796 e. The van der Waals surface area contributed by atoms with E-state index in [4.69, 9.17) is 46.4 Å². The molecule has 0 unspecified atom stereocenters. The third-order valence-corrected chi connectivity index (χ3v) is 3.72. The zero-order valence-corrected chi connectivity index (χ0v) is 10.3. The van der Waals surface area contributed by atoms with Crippen molar-refractivity contribution in [2.24, 2.45) is 0 Å². The van der Waals surface area contributed by atoms with Gasteiger partial charge in [-0.15, -0.1) is 0 Å². The summed E-state index contributed by atoms with van der Waals surface area (Å²) in [5.41, 5.74) is 0.830. The van der Waals surface area contributed by atoms with Crippen molar-refractivity contribution in [1.82, 2.24) is 0 Å². The second kappa shape index (κ2) is 4.39. The molecule has 12 heavy (non-hydrogen) atoms. The van der Waals surface area contributed by atoms with Crippen molar-refractivity contribution >= 4 is 62.3 Å². The van der Waals surface area contributed by atoms with E-state index in [1.807, 2.05) is 0 Å². The normalized spacial score (nSPS) is 10.4. The Hall–Kier alpha value is 0.860. The van der Waals surface area contributed by atoms with Crippen LogP contribution in [0.3, 0.4) is 0 Å². The van der Waals surface area contributed by atoms with E-state index in [2.05, 4.69) is 15.9 Å². The van der Waals surface area contributed by atoms with Gasteiger partial charge in [0.15, 0.2) is 0 Å². The number of benzene rings is 1. The minimum absolute atomic E-state index is 0.299. The molecule has 0 spiro atoms. The molecule has 1 aromatic carbocycles. The van der Waals surface area contributed by atoms with Crippen molar-refractivity contribution in [3.8, 4) is 0 Å². The van der Waals surface area contributed by atoms with Gasteiger partial charge in [0, 0.05) is 5.33 Å². The molecule has 0 aliphatic rings. The molecule has 0 N–H and O–H groups in total. The quantitative estimate of drug-likeness (QED) is 0.380. The molecular formula is C7H3BrCl4. The van der Waals surface area contributed by atoms with Crippen molar-refractivity contribution in [2.75, 3.05) is 0 Å². The van der Waals surface area contributed by atoms with Gasteiger partial charge in [-0.25, -0.2) is 0 Å². The van der Waals surface area contributed by atoms with Crippen LogP contribution in [0.25, 0.3) is 0 Å². The lowest BCUT2D eigenvalue weighted by Crippen LogP contribution is -1.83. The van der Waals surface area contributed by atoms with E-state index in [1.54, 1.807) is 6.07 Å². The Labute approximate surface area is 98.9 Å². The van der Waals surface area contributed by atoms with Gasteiger partial charge in [0.05, 0.1) is 20.1 Å². The molecule has 0 saturated carbocycles. The Morgan fingerprint density at radius 1 is 1.00 bits per heavy atom. The molecule has 0 aliphatic carbocycles. The van der Waals surface area contributed by atoms with Crippen LogP contribution in [0, 0.1) is 0 Å². The number of halogens is 5. The molecule has 0 radical (unpaired) electrons. The van der Waals surface area contributed by atoms with E-state index in [9.17, 15) is 0 Å². The maximum Gasteiger partial charge on any atom is 0.0796 e. The first-order chi connectivity index (χ1) is 5.57. The molecule has 0 nitrogen and oxygen atoms in total. The lowest BCUT2D eigenvalue weighted by molar-refractivity contribution is 1.44. The molecule has 0 heterocycles. The maximum absolute atomic E-state index is 5.87. The van der Waals surface area contributed by atoms with Crippen LogP contribution in [-0.2, 0) is 5.33 Å². The van der Waals surface area contributed by atoms with Crippen LogP contribution in [-0.4, -0.2) is 0 Å². The topological polar surface area (TPSA) is 0 Å². The summed E-state index contributed by atoms with van der Waals surface area (Å²) in [6, 6.07) is 1.69. The standard InChI is InChI=1S/C7H3BrCl4/c8-2-3-1-4(9)6(11)7(12)5(3)10/h1H,2H2. The van der Waals surface area contributed by atoms with Gasteiger partial charge in [0.1, 0.15) is 0 Å². The van der Waals surface area contributed by atoms with Crippen LogP contribution in [0.4, 0.5) is 0 Å². The van der Waals surface area contributed by atoms with Crippen molar-refractivity contribution in [3.63, 3.8) is 0 Å². The van der Waals surface area contributed by atoms with E-state index in [-0.39, 0.29) is 0 Å². The van der Waals surface area contributed by atoms with Gasteiger partial charge in [0.25, 0.3) is 0 Å². The van der Waals surface area contributed by atoms with Gasteiger partial charge >= 0.3 is 0 Å². The largest absolute Gasteiger partial charge is 0.0876 e. The fourth-order valence-electron chi connectivity index (χ4n) is 0.719. The first kappa shape index (κ1) is 10.9. The van der Waals surface area contributed by atoms with Crippen LogP contribution in [0.5, 0.6) is 0 Å². The third-order valence-electron chi connectivity index (χ3n) is 1.32. The predicted molar refractivity (Wildman–Crippen MR) is 59.1 cm³/mol. The van der Waals surface area contributed by atoms with Gasteiger partial charge in [-0.05, 0) is 11.6 Å². The van der Waals surface area contributed by atoms with E-state index in [0.29, 0.717) is 25.4 Å². The average Bonchev–Trinajstić information content (AvgIpc) is 2.08. The van der Waals surface area contributed by atoms with Gasteiger partial charge in [-0.3, -0.25) is 0 Å². The summed E-state index contributed by atoms with van der Waals surface area (Å²) >= 11 is 26.4. The highest BCUT2D eigenvalue weighted by Crippen LogP contribution is 2.38. The monoisotopic (exact) mass is 306 g/mol. The van der Waals surface area contributed by atoms with E-state index < -0.39 is 0 Å². The summed E-state index contributed by atoms with van der Waals surface area (Å²) in [7, 11) is 0. The van der Waals surface area contributed by atoms with Crippen LogP contribution < -0.4 is 0 Å². The van der Waals surface area contributed by atoms with E-state index in [0.717, 1.165) is 5.56 Å². The third kappa shape index (κ3) is 2.02. The molecular weight excluding hydrogens is 306 g/mol. The molecule has 66 valence electrons. The van der Waals surface area contributed by atoms with Crippen molar-refractivity contribution in [1.29, 1.82) is 0 Å². The van der Waals surface area contributed by atoms with Crippen molar-refractivity contribution in [2.45, 2.75) is 5.33 Å². The molecule has 1 aromatic rings. The predicted octanol–water partition coefficient (Wildman–Crippen LogP) is 5.20. The molecule has 0 fully saturated rings. The van der Waals surface area contributed by atoms with Crippen LogP contribution in [0.2, 0.25) is 20.1 Å². The molecule has 0 aliphatic heterocycles. The zero-order valence-electron chi connectivity index (χ0n) is 5.67. The van der Waals surface area contributed by atoms with Gasteiger partial charge in [-0.1, -0.05) is 62.3 Å². The Balaban J connectivity index is 3.39. The second-order valence-electron chi connectivity index (χ2n) is 2.09. The SMILES string of the molecule is Clc1cc(CBr)c(Cl)c(Cl)c1Cl. The number of rotatable bonds is 1. The maximum atomic E-state index is 5.87. The highest BCUT2D eigenvalue weighted by molar-refractivity contribution is 9.08. The lowest BCUT2D eigenvalue weighted by atomic mass is 10.2. The van der Waals surface area contributed by atoms with Crippen LogP contribution >= 0.6 is 62.3 Å². The Morgan fingerprint density at radius 3 is 2.08 bits per heavy atom. The minimum Gasteiger partial charge on any atom is -0.0876 e. The lowest BCUT2D eigenvalue weighted by Gasteiger charge is -2.05. The number of alkyl halides is 1. The fourth-order valence-corrected chi connectivity index (χ4v) is 2.23. The van der Waals surface area contributed by atoms with Crippen molar-refractivity contribution in [3.05, 3.63) is 31.7 Å². The summed E-state index contributed by atoms with van der Waals surface area (Å²) in [4.78, 5) is 0. The van der Waals surface area contributed by atoms with Gasteiger partial charge in [-0.2, -0.15) is 0 Å². The van der Waals surface area contributed by atoms with Gasteiger partial charge in [0.2, 0.25) is 0 Å². The summed E-state index contributed by atoms with van der Waals surface area (Å²) in [5.74, 6) is 0. The molecule has 0 saturated heterocycles. The highest BCUT2D eigenvalue weighted by atomic mass is 79.9. The van der Waals surface area contributed by atoms with E-state index in [1.165, 1.54) is 0 Å². The van der Waals surface area contributed by atoms with E-state index >= 15 is 0 Å². The molecule has 1 rings (SSSR count). The summed E-state index contributed by atoms with van der Waals surface area (Å²) in [5, 5.41) is 2.07. The van der Waals surface area contributed by atoms with Crippen molar-refractivity contribution < 1.29 is 0 Å². The number of hydrogen-bond donors (Lipinski definition) is 0. The molecule has 0 amide bonds. The second-order valence-corrected chi connectivity index (χ2v) is 4.19. The summed E-state index contributed by atoms with van der Waals surface area (Å²) < 4.78 is 0. The number of hydrogen-bond acceptors (Lipinski definition) is 0. The Morgan fingerprint density at radius 2 is 1.58 bits per heavy atom. The summed E-state index contributed by atoms with van der Waals surface area (Å²) in [6.07, 6.45) is 0. The molecule has 0 aromatic heterocycles. The molecule has 0 atom stereocenters. The minimum atomic E-state index is 0.299. The average molecular weight is 309 g/mol. The first-order valence-electron chi connectivity index (χ1n) is 2.95. The first-order valence-corrected chi connectivity index (χ1v) is 5.59. The Bertz CT molecular complexity index is 311. The molecule has 5 heteroatoms. The van der Waals surface area contributed by atoms with Crippen LogP contribution in [0.1, 0.15) is 5.56 Å². The zero-order chi connectivity index (χ0) is 9.30. The Kier molecular flexibility index (Phi) is 4.00. The van der Waals surface area contributed by atoms with Crippen LogP contribution in [0.15, 0.2) is 6.07 Å². The van der Waals surface area contributed by atoms with Gasteiger partial charge < -0.3 is 0 Å². The fraction of sp³-hybridized carbons (Fsp3) is 0.143.